The Kier molecular flexibility index (Phi) is 4.49. The molecule has 26 heavy (non-hydrogen) atoms. The number of carbonyl (C=O) groups excluding carboxylic acids is 2. The Morgan fingerprint density at radius 3 is 2.27 bits per heavy atom. The van der Waals surface area contributed by atoms with Crippen LogP contribution in [0.2, 0.25) is 0 Å². The number of nitrogens with zero attached hydrogens (tertiary/aromatic N) is 1. The molecule has 0 bridgehead atoms. The predicted molar refractivity (Wildman–Crippen MR) is 103 cm³/mol. The lowest BCUT2D eigenvalue weighted by atomic mass is 9.85. The number of benzene rings is 2. The molecule has 2 aromatic rings. The highest BCUT2D eigenvalue weighted by Gasteiger charge is 2.51. The second kappa shape index (κ2) is 6.36. The maximum Gasteiger partial charge on any atom is 0.264 e. The van der Waals surface area contributed by atoms with Gasteiger partial charge in [-0.2, -0.15) is 0 Å². The van der Waals surface area contributed by atoms with Gasteiger partial charge in [0.2, 0.25) is 0 Å². The molecular formula is C22H25NO3. The van der Waals surface area contributed by atoms with E-state index >= 15 is 0 Å². The average molecular weight is 351 g/mol. The van der Waals surface area contributed by atoms with Gasteiger partial charge in [-0.3, -0.25) is 9.59 Å². The third-order valence-electron chi connectivity index (χ3n) is 5.07. The summed E-state index contributed by atoms with van der Waals surface area (Å²) in [6.45, 7) is 9.57. The van der Waals surface area contributed by atoms with Crippen molar-refractivity contribution in [2.75, 3.05) is 4.90 Å². The van der Waals surface area contributed by atoms with Gasteiger partial charge in [0.15, 0.2) is 11.4 Å². The Bertz CT molecular complexity index is 877. The van der Waals surface area contributed by atoms with Crippen LogP contribution < -0.4 is 4.90 Å². The summed E-state index contributed by atoms with van der Waals surface area (Å²) in [5.41, 5.74) is 2.79. The van der Waals surface area contributed by atoms with E-state index < -0.39 is 11.5 Å². The van der Waals surface area contributed by atoms with Crippen molar-refractivity contribution >= 4 is 17.4 Å². The molecule has 1 heterocycles. The number of amides is 1. The maximum absolute atomic E-state index is 13.1. The van der Waals surface area contributed by atoms with Crippen LogP contribution in [0.3, 0.4) is 0 Å². The Hall–Kier alpha value is -2.46. The molecule has 3 rings (SSSR count). The summed E-state index contributed by atoms with van der Waals surface area (Å²) in [7, 11) is 0. The predicted octanol–water partition coefficient (Wildman–Crippen LogP) is 3.83. The van der Waals surface area contributed by atoms with Crippen LogP contribution in [0.1, 0.15) is 52.9 Å². The first-order valence-corrected chi connectivity index (χ1v) is 8.93. The van der Waals surface area contributed by atoms with Gasteiger partial charge < -0.3 is 10.0 Å². The van der Waals surface area contributed by atoms with E-state index in [1.165, 1.54) is 0 Å². The van der Waals surface area contributed by atoms with E-state index in [1.54, 1.807) is 17.0 Å². The zero-order valence-electron chi connectivity index (χ0n) is 16.0. The number of aryl methyl sites for hydroxylation is 3. The van der Waals surface area contributed by atoms with Crippen molar-refractivity contribution in [2.45, 2.75) is 52.7 Å². The summed E-state index contributed by atoms with van der Waals surface area (Å²) in [4.78, 5) is 27.7. The highest BCUT2D eigenvalue weighted by atomic mass is 16.3. The number of rotatable bonds is 4. The summed E-state index contributed by atoms with van der Waals surface area (Å²) in [6, 6.07) is 11.0. The zero-order chi connectivity index (χ0) is 19.2. The van der Waals surface area contributed by atoms with Gasteiger partial charge in [0.25, 0.3) is 5.91 Å². The second-order valence-electron chi connectivity index (χ2n) is 7.52. The number of ketones is 1. The second-order valence-corrected chi connectivity index (χ2v) is 7.52. The van der Waals surface area contributed by atoms with E-state index in [2.05, 4.69) is 0 Å². The van der Waals surface area contributed by atoms with Gasteiger partial charge in [0.05, 0.1) is 12.1 Å². The van der Waals surface area contributed by atoms with Gasteiger partial charge in [-0.15, -0.1) is 0 Å². The molecule has 1 amide bonds. The van der Waals surface area contributed by atoms with Crippen molar-refractivity contribution < 1.29 is 14.7 Å². The van der Waals surface area contributed by atoms with Crippen molar-refractivity contribution in [1.82, 2.24) is 0 Å². The van der Waals surface area contributed by atoms with Gasteiger partial charge in [0, 0.05) is 17.2 Å². The van der Waals surface area contributed by atoms with Gasteiger partial charge >= 0.3 is 0 Å². The number of carbonyl (C=O) groups is 2. The Labute approximate surface area is 154 Å². The molecule has 0 aromatic heterocycles. The summed E-state index contributed by atoms with van der Waals surface area (Å²) in [5.74, 6) is -0.638. The molecular weight excluding hydrogens is 326 g/mol. The van der Waals surface area contributed by atoms with Gasteiger partial charge in [0.1, 0.15) is 0 Å². The van der Waals surface area contributed by atoms with E-state index in [-0.39, 0.29) is 18.2 Å². The highest BCUT2D eigenvalue weighted by molar-refractivity contribution is 6.11. The van der Waals surface area contributed by atoms with Crippen LogP contribution in [0.4, 0.5) is 5.69 Å². The minimum Gasteiger partial charge on any atom is -0.375 e. The standard InChI is InChI=1S/C22H25NO3/c1-13(2)23-18-9-7-6-8-17(18)22(26,21(23)25)12-19(24)20-15(4)10-14(3)11-16(20)5/h6-11,13,26H,12H2,1-5H3/t22-/m1/s1. The van der Waals surface area contributed by atoms with Gasteiger partial charge in [-0.05, 0) is 51.8 Å². The summed E-state index contributed by atoms with van der Waals surface area (Å²) in [5, 5.41) is 11.3. The molecule has 0 fully saturated rings. The number of hydrogen-bond acceptors (Lipinski definition) is 3. The molecule has 2 aromatic carbocycles. The zero-order valence-corrected chi connectivity index (χ0v) is 16.0. The molecule has 4 heteroatoms. The fraction of sp³-hybridized carbons (Fsp3) is 0.364. The van der Waals surface area contributed by atoms with E-state index in [0.717, 1.165) is 16.7 Å². The van der Waals surface area contributed by atoms with Crippen molar-refractivity contribution in [3.63, 3.8) is 0 Å². The third kappa shape index (κ3) is 2.74. The number of Topliss-reactive ketones (excluding diaryl/α,β-unsaturated/α-hetero) is 1. The smallest absolute Gasteiger partial charge is 0.264 e. The van der Waals surface area contributed by atoms with Crippen LogP contribution in [-0.4, -0.2) is 22.8 Å². The van der Waals surface area contributed by atoms with Crippen LogP contribution in [0.25, 0.3) is 0 Å². The molecule has 1 N–H and O–H groups in total. The monoisotopic (exact) mass is 351 g/mol. The lowest BCUT2D eigenvalue weighted by Gasteiger charge is -2.25. The normalized spacial score (nSPS) is 19.2. The SMILES string of the molecule is Cc1cc(C)c(C(=O)C[C@]2(O)C(=O)N(C(C)C)c3ccccc32)c(C)c1. The number of para-hydroxylation sites is 1. The third-order valence-corrected chi connectivity index (χ3v) is 5.07. The van der Waals surface area contributed by atoms with Crippen molar-refractivity contribution in [3.8, 4) is 0 Å². The maximum atomic E-state index is 13.1. The Morgan fingerprint density at radius 1 is 1.12 bits per heavy atom. The first-order valence-electron chi connectivity index (χ1n) is 8.93. The number of fused-ring (bicyclic) bond motifs is 1. The molecule has 0 unspecified atom stereocenters. The van der Waals surface area contributed by atoms with Crippen LogP contribution in [0.5, 0.6) is 0 Å². The van der Waals surface area contributed by atoms with Crippen LogP contribution in [0, 0.1) is 20.8 Å². The van der Waals surface area contributed by atoms with Crippen molar-refractivity contribution in [3.05, 3.63) is 64.2 Å². The molecule has 136 valence electrons. The van der Waals surface area contributed by atoms with E-state index in [0.29, 0.717) is 16.8 Å². The van der Waals surface area contributed by atoms with E-state index in [9.17, 15) is 14.7 Å². The Morgan fingerprint density at radius 2 is 1.69 bits per heavy atom. The quantitative estimate of drug-likeness (QED) is 0.852. The molecule has 0 saturated carbocycles. The number of aliphatic hydroxyl groups is 1. The fourth-order valence-corrected chi connectivity index (χ4v) is 4.08. The molecule has 0 spiro atoms. The van der Waals surface area contributed by atoms with Crippen LogP contribution >= 0.6 is 0 Å². The van der Waals surface area contributed by atoms with Gasteiger partial charge in [-0.1, -0.05) is 35.9 Å². The first-order chi connectivity index (χ1) is 12.2. The minimum atomic E-state index is -1.82. The Balaban J connectivity index is 2.04. The summed E-state index contributed by atoms with van der Waals surface area (Å²) in [6.07, 6.45) is -0.253. The molecule has 4 nitrogen and oxygen atoms in total. The molecule has 0 saturated heterocycles. The molecule has 0 aliphatic carbocycles. The highest BCUT2D eigenvalue weighted by Crippen LogP contribution is 2.44. The largest absolute Gasteiger partial charge is 0.375 e. The van der Waals surface area contributed by atoms with Crippen molar-refractivity contribution in [2.24, 2.45) is 0 Å². The summed E-state index contributed by atoms with van der Waals surface area (Å²) >= 11 is 0. The topological polar surface area (TPSA) is 57.6 Å². The number of anilines is 1. The minimum absolute atomic E-state index is 0.101. The van der Waals surface area contributed by atoms with Crippen LogP contribution in [-0.2, 0) is 10.4 Å². The first kappa shape index (κ1) is 18.3. The molecule has 1 aliphatic rings. The number of hydrogen-bond donors (Lipinski definition) is 1. The molecule has 1 atom stereocenters. The van der Waals surface area contributed by atoms with Gasteiger partial charge in [-0.25, -0.2) is 0 Å². The van der Waals surface area contributed by atoms with Crippen molar-refractivity contribution in [1.29, 1.82) is 0 Å². The summed E-state index contributed by atoms with van der Waals surface area (Å²) < 4.78 is 0. The van der Waals surface area contributed by atoms with E-state index in [1.807, 2.05) is 58.9 Å². The lowest BCUT2D eigenvalue weighted by molar-refractivity contribution is -0.136. The molecule has 1 aliphatic heterocycles. The lowest BCUT2D eigenvalue weighted by Crippen LogP contribution is -2.44. The van der Waals surface area contributed by atoms with Crippen LogP contribution in [0.15, 0.2) is 36.4 Å². The van der Waals surface area contributed by atoms with E-state index in [4.69, 9.17) is 0 Å². The average Bonchev–Trinajstić information content (AvgIpc) is 2.74. The fourth-order valence-electron chi connectivity index (χ4n) is 4.08. The molecule has 0 radical (unpaired) electrons.